The third kappa shape index (κ3) is 1.34. The van der Waals surface area contributed by atoms with E-state index in [0.717, 1.165) is 21.6 Å². The summed E-state index contributed by atoms with van der Waals surface area (Å²) in [6, 6.07) is 7.39. The van der Waals surface area contributed by atoms with Gasteiger partial charge in [-0.3, -0.25) is 0 Å². The van der Waals surface area contributed by atoms with Gasteiger partial charge in [-0.05, 0) is 11.6 Å². The highest BCUT2D eigenvalue weighted by Gasteiger charge is 2.05. The topological polar surface area (TPSA) is 54.0 Å². The van der Waals surface area contributed by atoms with Gasteiger partial charge >= 0.3 is 4.94 Å². The Morgan fingerprint density at radius 3 is 3.15 bits per heavy atom. The van der Waals surface area contributed by atoms with Crippen molar-refractivity contribution in [3.05, 3.63) is 33.5 Å². The van der Waals surface area contributed by atoms with Gasteiger partial charge in [0.1, 0.15) is 5.58 Å². The monoisotopic (exact) mass is 191 g/mol. The number of benzene rings is 1. The molecule has 3 nitrogen and oxygen atoms in total. The molecule has 0 atom stereocenters. The predicted octanol–water partition coefficient (Wildman–Crippen LogP) is 1.92. The van der Waals surface area contributed by atoms with E-state index >= 15 is 0 Å². The standard InChI is InChI=1S/C9H5NO2S/c10-5-4-6-2-1-3-7-8(6)13-9(11)12-7/h1-3H,4H2. The molecular formula is C9H5NO2S. The lowest BCUT2D eigenvalue weighted by molar-refractivity contribution is 0.585. The normalized spacial score (nSPS) is 10.1. The Kier molecular flexibility index (Phi) is 1.87. The first-order valence-electron chi connectivity index (χ1n) is 3.70. The first-order chi connectivity index (χ1) is 6.31. The van der Waals surface area contributed by atoms with Crippen molar-refractivity contribution in [2.75, 3.05) is 0 Å². The lowest BCUT2D eigenvalue weighted by Crippen LogP contribution is -1.80. The molecule has 4 heteroatoms. The molecule has 0 N–H and O–H groups in total. The molecule has 1 heterocycles. The smallest absolute Gasteiger partial charge is 0.396 e. The fourth-order valence-corrected chi connectivity index (χ4v) is 1.96. The summed E-state index contributed by atoms with van der Waals surface area (Å²) in [4.78, 5) is 10.6. The quantitative estimate of drug-likeness (QED) is 0.691. The van der Waals surface area contributed by atoms with Gasteiger partial charge in [0.2, 0.25) is 0 Å². The van der Waals surface area contributed by atoms with Crippen molar-refractivity contribution in [1.29, 1.82) is 5.26 Å². The average Bonchev–Trinajstić information content (AvgIpc) is 2.47. The minimum atomic E-state index is -0.319. The van der Waals surface area contributed by atoms with Crippen LogP contribution < -0.4 is 4.94 Å². The summed E-state index contributed by atoms with van der Waals surface area (Å²) in [5.41, 5.74) is 1.43. The van der Waals surface area contributed by atoms with E-state index in [2.05, 4.69) is 0 Å². The van der Waals surface area contributed by atoms with E-state index in [1.807, 2.05) is 12.1 Å². The van der Waals surface area contributed by atoms with Gasteiger partial charge in [-0.1, -0.05) is 23.5 Å². The lowest BCUT2D eigenvalue weighted by Gasteiger charge is -1.92. The van der Waals surface area contributed by atoms with Crippen molar-refractivity contribution in [1.82, 2.24) is 0 Å². The Morgan fingerprint density at radius 1 is 1.54 bits per heavy atom. The molecule has 0 aliphatic rings. The van der Waals surface area contributed by atoms with Gasteiger partial charge in [0.15, 0.2) is 0 Å². The van der Waals surface area contributed by atoms with Gasteiger partial charge in [0.25, 0.3) is 0 Å². The Labute approximate surface area is 77.8 Å². The van der Waals surface area contributed by atoms with Crippen LogP contribution >= 0.6 is 11.3 Å². The van der Waals surface area contributed by atoms with Crippen LogP contribution in [-0.4, -0.2) is 0 Å². The molecule has 2 rings (SSSR count). The van der Waals surface area contributed by atoms with Crippen molar-refractivity contribution in [3.63, 3.8) is 0 Å². The van der Waals surface area contributed by atoms with Crippen molar-refractivity contribution < 1.29 is 4.42 Å². The Balaban J connectivity index is 2.76. The average molecular weight is 191 g/mol. The first-order valence-corrected chi connectivity index (χ1v) is 4.51. The van der Waals surface area contributed by atoms with E-state index in [-0.39, 0.29) is 4.94 Å². The fraction of sp³-hybridized carbons (Fsp3) is 0.111. The molecule has 64 valence electrons. The zero-order valence-corrected chi connectivity index (χ0v) is 7.43. The maximum absolute atomic E-state index is 10.9. The number of fused-ring (bicyclic) bond motifs is 1. The molecule has 0 radical (unpaired) electrons. The second-order valence-electron chi connectivity index (χ2n) is 2.53. The van der Waals surface area contributed by atoms with Crippen LogP contribution in [-0.2, 0) is 6.42 Å². The summed E-state index contributed by atoms with van der Waals surface area (Å²) in [7, 11) is 0. The molecule has 2 aromatic rings. The van der Waals surface area contributed by atoms with Crippen molar-refractivity contribution >= 4 is 21.6 Å². The van der Waals surface area contributed by atoms with Crippen LogP contribution in [0.1, 0.15) is 5.56 Å². The number of hydrogen-bond acceptors (Lipinski definition) is 4. The molecule has 1 aromatic heterocycles. The van der Waals surface area contributed by atoms with Gasteiger partial charge in [-0.15, -0.1) is 0 Å². The molecule has 0 saturated heterocycles. The zero-order valence-electron chi connectivity index (χ0n) is 6.61. The number of nitriles is 1. The highest BCUT2D eigenvalue weighted by molar-refractivity contribution is 7.16. The van der Waals surface area contributed by atoms with Crippen LogP contribution in [0, 0.1) is 11.3 Å². The van der Waals surface area contributed by atoms with Crippen molar-refractivity contribution in [3.8, 4) is 6.07 Å². The minimum Gasteiger partial charge on any atom is -0.414 e. The molecule has 0 fully saturated rings. The Hall–Kier alpha value is -1.60. The predicted molar refractivity (Wildman–Crippen MR) is 49.7 cm³/mol. The second kappa shape index (κ2) is 3.04. The summed E-state index contributed by atoms with van der Waals surface area (Å²) in [6.07, 6.45) is 0.312. The number of hydrogen-bond donors (Lipinski definition) is 0. The highest BCUT2D eigenvalue weighted by Crippen LogP contribution is 2.21. The lowest BCUT2D eigenvalue weighted by atomic mass is 10.2. The summed E-state index contributed by atoms with van der Waals surface area (Å²) < 4.78 is 5.69. The van der Waals surface area contributed by atoms with Gasteiger partial charge < -0.3 is 4.42 Å². The fourth-order valence-electron chi connectivity index (χ4n) is 1.18. The molecular weight excluding hydrogens is 186 g/mol. The summed E-state index contributed by atoms with van der Waals surface area (Å²) in [5, 5.41) is 8.53. The van der Waals surface area contributed by atoms with E-state index in [4.69, 9.17) is 9.68 Å². The first kappa shape index (κ1) is 8.02. The van der Waals surface area contributed by atoms with E-state index in [1.165, 1.54) is 0 Å². The zero-order chi connectivity index (χ0) is 9.26. The molecule has 0 aliphatic heterocycles. The Morgan fingerprint density at radius 2 is 2.38 bits per heavy atom. The van der Waals surface area contributed by atoms with Gasteiger partial charge in [-0.2, -0.15) is 5.26 Å². The Bertz CT molecular complexity index is 532. The van der Waals surface area contributed by atoms with Crippen LogP contribution in [0.15, 0.2) is 27.4 Å². The van der Waals surface area contributed by atoms with Crippen LogP contribution in [0.5, 0.6) is 0 Å². The molecule has 13 heavy (non-hydrogen) atoms. The van der Waals surface area contributed by atoms with Crippen molar-refractivity contribution in [2.45, 2.75) is 6.42 Å². The maximum Gasteiger partial charge on any atom is 0.396 e. The maximum atomic E-state index is 10.9. The SMILES string of the molecule is N#CCc1cccc2oc(=O)sc12. The second-order valence-corrected chi connectivity index (χ2v) is 3.48. The largest absolute Gasteiger partial charge is 0.414 e. The molecule has 0 bridgehead atoms. The minimum absolute atomic E-state index is 0.312. The molecule has 0 spiro atoms. The number of nitrogens with zero attached hydrogens (tertiary/aromatic N) is 1. The van der Waals surface area contributed by atoms with Crippen LogP contribution in [0.2, 0.25) is 0 Å². The van der Waals surface area contributed by atoms with Crippen LogP contribution in [0.4, 0.5) is 0 Å². The van der Waals surface area contributed by atoms with Gasteiger partial charge in [-0.25, -0.2) is 4.79 Å². The molecule has 1 aromatic carbocycles. The third-order valence-corrected chi connectivity index (χ3v) is 2.63. The summed E-state index contributed by atoms with van der Waals surface area (Å²) in [5.74, 6) is 0. The molecule has 0 aliphatic carbocycles. The van der Waals surface area contributed by atoms with E-state index in [0.29, 0.717) is 12.0 Å². The van der Waals surface area contributed by atoms with E-state index in [9.17, 15) is 4.79 Å². The molecule has 0 amide bonds. The molecule has 0 saturated carbocycles. The van der Waals surface area contributed by atoms with Crippen LogP contribution in [0.25, 0.3) is 10.3 Å². The van der Waals surface area contributed by atoms with Crippen LogP contribution in [0.3, 0.4) is 0 Å². The number of rotatable bonds is 1. The van der Waals surface area contributed by atoms with Gasteiger partial charge in [0.05, 0.1) is 17.2 Å². The molecule has 0 unspecified atom stereocenters. The summed E-state index contributed by atoms with van der Waals surface area (Å²) >= 11 is 1.05. The van der Waals surface area contributed by atoms with Gasteiger partial charge in [0, 0.05) is 0 Å². The van der Waals surface area contributed by atoms with E-state index in [1.54, 1.807) is 12.1 Å². The highest BCUT2D eigenvalue weighted by atomic mass is 32.1. The van der Waals surface area contributed by atoms with Crippen molar-refractivity contribution in [2.24, 2.45) is 0 Å². The summed E-state index contributed by atoms with van der Waals surface area (Å²) in [6.45, 7) is 0. The third-order valence-electron chi connectivity index (χ3n) is 1.71. The van der Waals surface area contributed by atoms with E-state index < -0.39 is 0 Å².